The third-order valence-electron chi connectivity index (χ3n) is 1.87. The first-order valence-corrected chi connectivity index (χ1v) is 5.27. The molecule has 1 amide bonds. The van der Waals surface area contributed by atoms with Gasteiger partial charge in [-0.15, -0.1) is 11.6 Å². The number of anilines is 1. The molecule has 0 saturated heterocycles. The van der Waals surface area contributed by atoms with Crippen LogP contribution >= 0.6 is 23.2 Å². The van der Waals surface area contributed by atoms with Gasteiger partial charge >= 0.3 is 0 Å². The minimum atomic E-state index is -0.514. The molecule has 0 spiro atoms. The molecule has 0 aliphatic carbocycles. The topological polar surface area (TPSA) is 29.1 Å². The summed E-state index contributed by atoms with van der Waals surface area (Å²) in [6.45, 7) is 1.70. The van der Waals surface area contributed by atoms with Crippen molar-refractivity contribution in [3.63, 3.8) is 0 Å². The molecule has 0 fully saturated rings. The van der Waals surface area contributed by atoms with E-state index in [0.29, 0.717) is 5.69 Å². The Labute approximate surface area is 97.4 Å². The van der Waals surface area contributed by atoms with Gasteiger partial charge in [0.05, 0.1) is 5.02 Å². The van der Waals surface area contributed by atoms with Gasteiger partial charge < -0.3 is 5.32 Å². The fourth-order valence-corrected chi connectivity index (χ4v) is 1.23. The number of nitrogens with one attached hydrogen (secondary N) is 1. The van der Waals surface area contributed by atoms with E-state index in [9.17, 15) is 9.18 Å². The number of alkyl halides is 1. The van der Waals surface area contributed by atoms with Crippen LogP contribution < -0.4 is 5.32 Å². The van der Waals surface area contributed by atoms with Crippen LogP contribution in [0.4, 0.5) is 10.1 Å². The number of carbonyl (C=O) groups excluding carboxylic acids is 1. The molecule has 1 N–H and O–H groups in total. The van der Waals surface area contributed by atoms with Gasteiger partial charge in [-0.25, -0.2) is 4.39 Å². The van der Waals surface area contributed by atoms with E-state index in [0.717, 1.165) is 0 Å². The molecule has 0 radical (unpaired) electrons. The molecule has 0 aromatic heterocycles. The highest BCUT2D eigenvalue weighted by atomic mass is 35.5. The van der Waals surface area contributed by atoms with Crippen molar-refractivity contribution in [3.8, 4) is 0 Å². The van der Waals surface area contributed by atoms with E-state index in [4.69, 9.17) is 23.2 Å². The maximum atomic E-state index is 12.8. The summed E-state index contributed by atoms with van der Waals surface area (Å²) < 4.78 is 12.8. The van der Waals surface area contributed by atoms with Gasteiger partial charge in [-0.05, 0) is 18.2 Å². The van der Waals surface area contributed by atoms with Crippen molar-refractivity contribution in [2.45, 2.75) is 6.92 Å². The fourth-order valence-electron chi connectivity index (χ4n) is 0.909. The molecule has 0 heterocycles. The van der Waals surface area contributed by atoms with Gasteiger partial charge in [0.2, 0.25) is 5.91 Å². The highest BCUT2D eigenvalue weighted by Crippen LogP contribution is 2.19. The zero-order chi connectivity index (χ0) is 11.4. The minimum Gasteiger partial charge on any atom is -0.326 e. The summed E-state index contributed by atoms with van der Waals surface area (Å²) in [4.78, 5) is 11.4. The van der Waals surface area contributed by atoms with Crippen LogP contribution in [0.1, 0.15) is 6.92 Å². The first-order chi connectivity index (χ1) is 7.04. The van der Waals surface area contributed by atoms with Crippen LogP contribution in [-0.2, 0) is 4.79 Å². The number of hydrogen-bond donors (Lipinski definition) is 1. The van der Waals surface area contributed by atoms with E-state index in [1.165, 1.54) is 18.2 Å². The lowest BCUT2D eigenvalue weighted by Crippen LogP contribution is -2.21. The van der Waals surface area contributed by atoms with Crippen molar-refractivity contribution in [1.82, 2.24) is 0 Å². The highest BCUT2D eigenvalue weighted by molar-refractivity contribution is 6.31. The molecule has 5 heteroatoms. The lowest BCUT2D eigenvalue weighted by atomic mass is 10.2. The van der Waals surface area contributed by atoms with E-state index < -0.39 is 5.82 Å². The molecule has 0 aliphatic heterocycles. The molecular weight excluding hydrogens is 240 g/mol. The fraction of sp³-hybridized carbons (Fsp3) is 0.300. The third-order valence-corrected chi connectivity index (χ3v) is 2.62. The van der Waals surface area contributed by atoms with E-state index in [1.807, 2.05) is 0 Å². The SMILES string of the molecule is CC(CCl)C(=O)Nc1ccc(F)c(Cl)c1. The maximum Gasteiger partial charge on any atom is 0.228 e. The maximum absolute atomic E-state index is 12.8. The average Bonchev–Trinajstić information content (AvgIpc) is 2.22. The van der Waals surface area contributed by atoms with Crippen molar-refractivity contribution in [2.75, 3.05) is 11.2 Å². The van der Waals surface area contributed by atoms with Gasteiger partial charge in [0.25, 0.3) is 0 Å². The molecule has 0 aliphatic rings. The van der Waals surface area contributed by atoms with Gasteiger partial charge in [-0.2, -0.15) is 0 Å². The largest absolute Gasteiger partial charge is 0.326 e. The second-order valence-corrected chi connectivity index (χ2v) is 3.89. The molecule has 0 bridgehead atoms. The average molecular weight is 250 g/mol. The standard InChI is InChI=1S/C10H10Cl2FNO/c1-6(5-11)10(15)14-7-2-3-9(13)8(12)4-7/h2-4,6H,5H2,1H3,(H,14,15). The van der Waals surface area contributed by atoms with Gasteiger partial charge in [0, 0.05) is 17.5 Å². The zero-order valence-corrected chi connectivity index (χ0v) is 9.57. The molecule has 1 aromatic rings. The van der Waals surface area contributed by atoms with Crippen LogP contribution in [0.5, 0.6) is 0 Å². The molecule has 1 unspecified atom stereocenters. The Hall–Kier alpha value is -0.800. The molecule has 82 valence electrons. The van der Waals surface area contributed by atoms with Gasteiger partial charge in [0.1, 0.15) is 5.82 Å². The van der Waals surface area contributed by atoms with Crippen LogP contribution in [0.15, 0.2) is 18.2 Å². The number of hydrogen-bond acceptors (Lipinski definition) is 1. The molecule has 0 saturated carbocycles. The van der Waals surface area contributed by atoms with Crippen molar-refractivity contribution < 1.29 is 9.18 Å². The van der Waals surface area contributed by atoms with E-state index in [2.05, 4.69) is 5.32 Å². The van der Waals surface area contributed by atoms with Crippen LogP contribution in [0.2, 0.25) is 5.02 Å². The van der Waals surface area contributed by atoms with Crippen molar-refractivity contribution in [1.29, 1.82) is 0 Å². The number of amides is 1. The second kappa shape index (κ2) is 5.33. The highest BCUT2D eigenvalue weighted by Gasteiger charge is 2.12. The third kappa shape index (κ3) is 3.36. The Kier molecular flexibility index (Phi) is 4.36. The predicted molar refractivity (Wildman–Crippen MR) is 59.9 cm³/mol. The van der Waals surface area contributed by atoms with E-state index in [1.54, 1.807) is 6.92 Å². The Morgan fingerprint density at radius 1 is 1.60 bits per heavy atom. The first-order valence-electron chi connectivity index (χ1n) is 4.36. The molecular formula is C10H10Cl2FNO. The van der Waals surface area contributed by atoms with Crippen LogP contribution in [-0.4, -0.2) is 11.8 Å². The second-order valence-electron chi connectivity index (χ2n) is 3.17. The summed E-state index contributed by atoms with van der Waals surface area (Å²) in [5.74, 6) is -0.788. The van der Waals surface area contributed by atoms with Crippen molar-refractivity contribution in [3.05, 3.63) is 29.0 Å². The summed E-state index contributed by atoms with van der Waals surface area (Å²) in [6.07, 6.45) is 0. The number of rotatable bonds is 3. The Bertz CT molecular complexity index is 370. The van der Waals surface area contributed by atoms with Gasteiger partial charge in [0.15, 0.2) is 0 Å². The lowest BCUT2D eigenvalue weighted by Gasteiger charge is -2.09. The summed E-state index contributed by atoms with van der Waals surface area (Å²) in [5.41, 5.74) is 0.461. The van der Waals surface area contributed by atoms with Crippen molar-refractivity contribution >= 4 is 34.8 Å². The van der Waals surface area contributed by atoms with Crippen molar-refractivity contribution in [2.24, 2.45) is 5.92 Å². The molecule has 15 heavy (non-hydrogen) atoms. The van der Waals surface area contributed by atoms with Crippen LogP contribution in [0.3, 0.4) is 0 Å². The van der Waals surface area contributed by atoms with E-state index in [-0.39, 0.29) is 22.7 Å². The monoisotopic (exact) mass is 249 g/mol. The Morgan fingerprint density at radius 3 is 2.80 bits per heavy atom. The Morgan fingerprint density at radius 2 is 2.27 bits per heavy atom. The van der Waals surface area contributed by atoms with E-state index >= 15 is 0 Å². The Balaban J connectivity index is 2.73. The summed E-state index contributed by atoms with van der Waals surface area (Å²) in [6, 6.07) is 4.00. The summed E-state index contributed by atoms with van der Waals surface area (Å²) in [5, 5.41) is 2.56. The van der Waals surface area contributed by atoms with Crippen LogP contribution in [0.25, 0.3) is 0 Å². The molecule has 1 atom stereocenters. The molecule has 1 rings (SSSR count). The number of benzene rings is 1. The number of halogens is 3. The van der Waals surface area contributed by atoms with Gasteiger partial charge in [-0.1, -0.05) is 18.5 Å². The smallest absolute Gasteiger partial charge is 0.228 e. The molecule has 2 nitrogen and oxygen atoms in total. The summed E-state index contributed by atoms with van der Waals surface area (Å²) >= 11 is 11.1. The lowest BCUT2D eigenvalue weighted by molar-refractivity contribution is -0.118. The quantitative estimate of drug-likeness (QED) is 0.819. The predicted octanol–water partition coefficient (Wildman–Crippen LogP) is 3.29. The zero-order valence-electron chi connectivity index (χ0n) is 8.06. The molecule has 1 aromatic carbocycles. The number of carbonyl (C=O) groups is 1. The van der Waals surface area contributed by atoms with Gasteiger partial charge in [-0.3, -0.25) is 4.79 Å². The normalized spacial score (nSPS) is 12.3. The van der Waals surface area contributed by atoms with Crippen LogP contribution in [0, 0.1) is 11.7 Å². The summed E-state index contributed by atoms with van der Waals surface area (Å²) in [7, 11) is 0. The first kappa shape index (κ1) is 12.3. The minimum absolute atomic E-state index is 0.0219.